The number of thiophene rings is 1. The minimum atomic E-state index is -4.30. The Bertz CT molecular complexity index is 1160. The number of pyridine rings is 1. The largest absolute Gasteiger partial charge is 0.465 e. The number of amides is 1. The molecular formula is C16H12BrF2N3O4S2. The topological polar surface area (TPSA) is 92.5 Å². The average molecular weight is 492 g/mol. The van der Waals surface area contributed by atoms with Crippen LogP contribution in [0.1, 0.15) is 5.56 Å². The number of hydrogen-bond acceptors (Lipinski definition) is 5. The molecule has 1 N–H and O–H groups in total. The molecule has 148 valence electrons. The van der Waals surface area contributed by atoms with Crippen LogP contribution in [0.15, 0.2) is 44.7 Å². The Labute approximate surface area is 171 Å². The van der Waals surface area contributed by atoms with Gasteiger partial charge < -0.3 is 10.0 Å². The van der Waals surface area contributed by atoms with Gasteiger partial charge in [0.1, 0.15) is 10.6 Å². The molecule has 0 bridgehead atoms. The Morgan fingerprint density at radius 3 is 2.68 bits per heavy atom. The molecule has 3 aromatic heterocycles. The van der Waals surface area contributed by atoms with E-state index in [1.54, 1.807) is 0 Å². The van der Waals surface area contributed by atoms with Gasteiger partial charge >= 0.3 is 6.09 Å². The summed E-state index contributed by atoms with van der Waals surface area (Å²) in [4.78, 5) is 15.2. The third-order valence-corrected chi connectivity index (χ3v) is 7.66. The summed E-state index contributed by atoms with van der Waals surface area (Å²) in [6.45, 7) is -0.427. The van der Waals surface area contributed by atoms with Crippen molar-refractivity contribution in [3.63, 3.8) is 0 Å². The summed E-state index contributed by atoms with van der Waals surface area (Å²) in [6.07, 6.45) is 0.771. The van der Waals surface area contributed by atoms with Gasteiger partial charge in [0, 0.05) is 40.2 Å². The van der Waals surface area contributed by atoms with E-state index >= 15 is 4.39 Å². The summed E-state index contributed by atoms with van der Waals surface area (Å²) in [6, 6.07) is 2.53. The van der Waals surface area contributed by atoms with Crippen molar-refractivity contribution in [1.29, 1.82) is 0 Å². The van der Waals surface area contributed by atoms with Crippen LogP contribution in [0, 0.1) is 11.8 Å². The predicted octanol–water partition coefficient (Wildman–Crippen LogP) is 4.00. The van der Waals surface area contributed by atoms with Crippen molar-refractivity contribution < 1.29 is 27.1 Å². The summed E-state index contributed by atoms with van der Waals surface area (Å²) in [5.74, 6) is -2.10. The maximum atomic E-state index is 15.1. The molecule has 0 radical (unpaired) electrons. The first-order valence-corrected chi connectivity index (χ1v) is 10.7. The van der Waals surface area contributed by atoms with Crippen molar-refractivity contribution >= 4 is 43.4 Å². The number of hydrogen-bond donors (Lipinski definition) is 1. The molecule has 0 saturated carbocycles. The number of halogens is 3. The van der Waals surface area contributed by atoms with E-state index in [1.807, 2.05) is 0 Å². The lowest BCUT2D eigenvalue weighted by Gasteiger charge is -2.11. The maximum Gasteiger partial charge on any atom is 0.407 e. The Hall–Kier alpha value is -2.31. The molecule has 0 aromatic carbocycles. The molecule has 0 aliphatic rings. The lowest BCUT2D eigenvalue weighted by molar-refractivity contribution is 0.153. The Kier molecular flexibility index (Phi) is 5.55. The van der Waals surface area contributed by atoms with Crippen LogP contribution < -0.4 is 0 Å². The van der Waals surface area contributed by atoms with Crippen LogP contribution in [0.4, 0.5) is 13.6 Å². The van der Waals surface area contributed by atoms with Crippen molar-refractivity contribution in [2.45, 2.75) is 11.4 Å². The zero-order valence-electron chi connectivity index (χ0n) is 14.1. The van der Waals surface area contributed by atoms with Crippen LogP contribution in [-0.4, -0.2) is 40.5 Å². The molecule has 0 aliphatic heterocycles. The lowest BCUT2D eigenvalue weighted by atomic mass is 10.2. The van der Waals surface area contributed by atoms with Gasteiger partial charge in [-0.1, -0.05) is 0 Å². The van der Waals surface area contributed by atoms with Crippen LogP contribution in [0.2, 0.25) is 0 Å². The zero-order valence-corrected chi connectivity index (χ0v) is 17.4. The first-order chi connectivity index (χ1) is 13.1. The SMILES string of the molecule is CN(Cc1cn(S(=O)(=O)c2cscc2Br)c(-c2cccnc2F)c1F)C(=O)O. The van der Waals surface area contributed by atoms with Crippen LogP contribution in [-0.2, 0) is 16.6 Å². The highest BCUT2D eigenvalue weighted by Crippen LogP contribution is 2.35. The van der Waals surface area contributed by atoms with Gasteiger partial charge in [-0.15, -0.1) is 11.3 Å². The van der Waals surface area contributed by atoms with Crippen molar-refractivity contribution in [3.8, 4) is 11.3 Å². The molecule has 7 nitrogen and oxygen atoms in total. The van der Waals surface area contributed by atoms with Gasteiger partial charge in [0.2, 0.25) is 5.95 Å². The highest BCUT2D eigenvalue weighted by Gasteiger charge is 2.30. The Morgan fingerprint density at radius 2 is 2.11 bits per heavy atom. The van der Waals surface area contributed by atoms with Gasteiger partial charge in [-0.2, -0.15) is 4.39 Å². The van der Waals surface area contributed by atoms with Crippen molar-refractivity contribution in [2.75, 3.05) is 7.05 Å². The van der Waals surface area contributed by atoms with Crippen molar-refractivity contribution in [2.24, 2.45) is 0 Å². The Morgan fingerprint density at radius 1 is 1.39 bits per heavy atom. The first kappa shape index (κ1) is 20.4. The fourth-order valence-corrected chi connectivity index (χ4v) is 6.19. The van der Waals surface area contributed by atoms with E-state index in [2.05, 4.69) is 20.9 Å². The fraction of sp³-hybridized carbons (Fsp3) is 0.125. The van der Waals surface area contributed by atoms with Crippen LogP contribution in [0.3, 0.4) is 0 Å². The summed E-state index contributed by atoms with van der Waals surface area (Å²) in [5, 5.41) is 11.9. The minimum Gasteiger partial charge on any atom is -0.465 e. The summed E-state index contributed by atoms with van der Waals surface area (Å²) >= 11 is 4.24. The zero-order chi connectivity index (χ0) is 20.6. The van der Waals surface area contributed by atoms with Crippen LogP contribution >= 0.6 is 27.3 Å². The number of nitrogens with zero attached hydrogens (tertiary/aromatic N) is 3. The minimum absolute atomic E-state index is 0.129. The normalized spacial score (nSPS) is 11.6. The summed E-state index contributed by atoms with van der Waals surface area (Å²) in [7, 11) is -3.10. The monoisotopic (exact) mass is 491 g/mol. The van der Waals surface area contributed by atoms with E-state index < -0.39 is 40.1 Å². The average Bonchev–Trinajstić information content (AvgIpc) is 3.20. The second-order valence-electron chi connectivity index (χ2n) is 5.68. The third kappa shape index (κ3) is 3.54. The maximum absolute atomic E-state index is 15.1. The molecule has 3 rings (SSSR count). The third-order valence-electron chi connectivity index (χ3n) is 3.85. The number of aromatic nitrogens is 2. The molecule has 12 heteroatoms. The van der Waals surface area contributed by atoms with E-state index in [4.69, 9.17) is 5.11 Å². The van der Waals surface area contributed by atoms with Crippen molar-refractivity contribution in [3.05, 3.63) is 57.1 Å². The number of carbonyl (C=O) groups is 1. The molecule has 0 unspecified atom stereocenters. The van der Waals surface area contributed by atoms with Crippen LogP contribution in [0.25, 0.3) is 11.3 Å². The lowest BCUT2D eigenvalue weighted by Crippen LogP contribution is -2.24. The van der Waals surface area contributed by atoms with Gasteiger partial charge in [-0.25, -0.2) is 26.6 Å². The highest BCUT2D eigenvalue weighted by molar-refractivity contribution is 9.10. The molecule has 1 amide bonds. The summed E-state index contributed by atoms with van der Waals surface area (Å²) in [5.41, 5.74) is -1.14. The molecule has 3 heterocycles. The van der Waals surface area contributed by atoms with E-state index in [-0.39, 0.29) is 20.5 Å². The first-order valence-electron chi connectivity index (χ1n) is 7.56. The molecule has 0 fully saturated rings. The highest BCUT2D eigenvalue weighted by atomic mass is 79.9. The van der Waals surface area contributed by atoms with E-state index in [0.29, 0.717) is 3.97 Å². The number of rotatable bonds is 5. The number of carboxylic acid groups (broad SMARTS) is 1. The molecular weight excluding hydrogens is 480 g/mol. The van der Waals surface area contributed by atoms with Gasteiger partial charge in [-0.3, -0.25) is 0 Å². The van der Waals surface area contributed by atoms with Gasteiger partial charge in [0.25, 0.3) is 10.0 Å². The second-order valence-corrected chi connectivity index (χ2v) is 9.06. The van der Waals surface area contributed by atoms with Crippen LogP contribution in [0.5, 0.6) is 0 Å². The summed E-state index contributed by atoms with van der Waals surface area (Å²) < 4.78 is 56.5. The standard InChI is InChI=1S/C16H12BrF2N3O4S2/c1-21(16(23)24)5-9-6-22(28(25,26)12-8-27-7-11(12)17)14(13(9)18)10-3-2-4-20-15(10)19/h2-4,6-8H,5H2,1H3,(H,23,24). The molecule has 0 atom stereocenters. The molecule has 28 heavy (non-hydrogen) atoms. The van der Waals surface area contributed by atoms with E-state index in [0.717, 1.165) is 28.6 Å². The van der Waals surface area contributed by atoms with Gasteiger partial charge in [0.05, 0.1) is 12.1 Å². The van der Waals surface area contributed by atoms with Gasteiger partial charge in [-0.05, 0) is 28.1 Å². The van der Waals surface area contributed by atoms with E-state index in [9.17, 15) is 17.6 Å². The Balaban J connectivity index is 2.28. The quantitative estimate of drug-likeness (QED) is 0.544. The molecule has 0 spiro atoms. The molecule has 0 saturated heterocycles. The van der Waals surface area contributed by atoms with Crippen molar-refractivity contribution in [1.82, 2.24) is 13.9 Å². The van der Waals surface area contributed by atoms with Gasteiger partial charge in [0.15, 0.2) is 5.82 Å². The van der Waals surface area contributed by atoms with E-state index in [1.165, 1.54) is 29.9 Å². The molecule has 3 aromatic rings. The fourth-order valence-electron chi connectivity index (χ4n) is 2.49. The molecule has 0 aliphatic carbocycles. The second kappa shape index (κ2) is 7.60. The smallest absolute Gasteiger partial charge is 0.407 e. The predicted molar refractivity (Wildman–Crippen MR) is 102 cm³/mol.